The highest BCUT2D eigenvalue weighted by molar-refractivity contribution is 6.31. The summed E-state index contributed by atoms with van der Waals surface area (Å²) >= 11 is 6.38. The first-order valence-corrected chi connectivity index (χ1v) is 9.66. The lowest BCUT2D eigenvalue weighted by Crippen LogP contribution is -2.39. The molecule has 0 saturated carbocycles. The van der Waals surface area contributed by atoms with E-state index >= 15 is 0 Å². The minimum absolute atomic E-state index is 0.0961. The fraction of sp³-hybridized carbons (Fsp3) is 0.526. The smallest absolute Gasteiger partial charge is 0.219 e. The average Bonchev–Trinajstić information content (AvgIpc) is 3.07. The van der Waals surface area contributed by atoms with Crippen molar-refractivity contribution in [2.45, 2.75) is 51.9 Å². The second-order valence-corrected chi connectivity index (χ2v) is 7.55. The monoisotopic (exact) mass is 373 g/mol. The van der Waals surface area contributed by atoms with Crippen molar-refractivity contribution >= 4 is 17.5 Å². The Balaban J connectivity index is 1.58. The number of nitrogens with zero attached hydrogens (tertiary/aromatic N) is 5. The van der Waals surface area contributed by atoms with Crippen molar-refractivity contribution in [1.82, 2.24) is 24.6 Å². The summed E-state index contributed by atoms with van der Waals surface area (Å²) in [5, 5.41) is 9.74. The van der Waals surface area contributed by atoms with Gasteiger partial charge in [-0.25, -0.2) is 0 Å². The van der Waals surface area contributed by atoms with Crippen LogP contribution in [0.4, 0.5) is 0 Å². The highest BCUT2D eigenvalue weighted by atomic mass is 35.5. The standard InChI is InChI=1S/C19H24ClN5O/c1-14(26)23-10-11-25-18(13-23)21-22-19(25)17-8-4-5-9-24(17)12-15-6-2-3-7-16(15)20/h2-3,6-7,17H,4-5,8-13H2,1H3/t17-/m1/s1. The molecule has 1 amide bonds. The summed E-state index contributed by atoms with van der Waals surface area (Å²) in [4.78, 5) is 16.0. The van der Waals surface area contributed by atoms with E-state index in [-0.39, 0.29) is 11.9 Å². The van der Waals surface area contributed by atoms with Crippen molar-refractivity contribution < 1.29 is 4.79 Å². The molecule has 7 heteroatoms. The Labute approximate surface area is 158 Å². The molecule has 0 radical (unpaired) electrons. The van der Waals surface area contributed by atoms with Crippen molar-refractivity contribution in [1.29, 1.82) is 0 Å². The number of piperidine rings is 1. The molecule has 2 aromatic rings. The van der Waals surface area contributed by atoms with Gasteiger partial charge in [0, 0.05) is 31.6 Å². The zero-order valence-corrected chi connectivity index (χ0v) is 15.8. The lowest BCUT2D eigenvalue weighted by Gasteiger charge is -2.36. The quantitative estimate of drug-likeness (QED) is 0.829. The zero-order valence-electron chi connectivity index (χ0n) is 15.1. The van der Waals surface area contributed by atoms with Crippen molar-refractivity contribution in [2.24, 2.45) is 0 Å². The van der Waals surface area contributed by atoms with Crippen molar-refractivity contribution in [3.8, 4) is 0 Å². The topological polar surface area (TPSA) is 54.3 Å². The molecule has 3 heterocycles. The lowest BCUT2D eigenvalue weighted by atomic mass is 10.00. The molecule has 138 valence electrons. The molecule has 0 unspecified atom stereocenters. The number of rotatable bonds is 3. The van der Waals surface area contributed by atoms with Crippen molar-refractivity contribution in [3.63, 3.8) is 0 Å². The number of hydrogen-bond acceptors (Lipinski definition) is 4. The first-order chi connectivity index (χ1) is 12.6. The van der Waals surface area contributed by atoms with Gasteiger partial charge in [0.15, 0.2) is 11.6 Å². The van der Waals surface area contributed by atoms with Gasteiger partial charge in [0.05, 0.1) is 12.6 Å². The van der Waals surface area contributed by atoms with Crippen LogP contribution in [0.5, 0.6) is 0 Å². The van der Waals surface area contributed by atoms with Crippen LogP contribution in [0.2, 0.25) is 5.02 Å². The summed E-state index contributed by atoms with van der Waals surface area (Å²) in [6, 6.07) is 8.30. The molecule has 1 aromatic carbocycles. The van der Waals surface area contributed by atoms with Gasteiger partial charge in [-0.05, 0) is 31.0 Å². The summed E-state index contributed by atoms with van der Waals surface area (Å²) < 4.78 is 2.22. The second-order valence-electron chi connectivity index (χ2n) is 7.14. The number of carbonyl (C=O) groups excluding carboxylic acids is 1. The van der Waals surface area contributed by atoms with E-state index in [2.05, 4.69) is 25.7 Å². The van der Waals surface area contributed by atoms with Gasteiger partial charge in [-0.3, -0.25) is 9.69 Å². The molecule has 1 aromatic heterocycles. The first-order valence-electron chi connectivity index (χ1n) is 9.28. The number of halogens is 1. The van der Waals surface area contributed by atoms with E-state index in [9.17, 15) is 4.79 Å². The van der Waals surface area contributed by atoms with Gasteiger partial charge in [-0.2, -0.15) is 0 Å². The van der Waals surface area contributed by atoms with Gasteiger partial charge in [-0.15, -0.1) is 10.2 Å². The number of fused-ring (bicyclic) bond motifs is 1. The van der Waals surface area contributed by atoms with E-state index in [0.717, 1.165) is 54.8 Å². The van der Waals surface area contributed by atoms with E-state index < -0.39 is 0 Å². The Kier molecular flexibility index (Phi) is 4.96. The lowest BCUT2D eigenvalue weighted by molar-refractivity contribution is -0.130. The summed E-state index contributed by atoms with van der Waals surface area (Å²) in [6.07, 6.45) is 3.48. The Morgan fingerprint density at radius 3 is 2.85 bits per heavy atom. The summed E-state index contributed by atoms with van der Waals surface area (Å²) in [6.45, 7) is 5.53. The fourth-order valence-corrected chi connectivity index (χ4v) is 4.21. The predicted octanol–water partition coefficient (Wildman–Crippen LogP) is 3.02. The Morgan fingerprint density at radius 2 is 2.04 bits per heavy atom. The maximum atomic E-state index is 11.7. The molecular weight excluding hydrogens is 350 g/mol. The Hall–Kier alpha value is -1.92. The van der Waals surface area contributed by atoms with Crippen LogP contribution >= 0.6 is 11.6 Å². The number of hydrogen-bond donors (Lipinski definition) is 0. The molecule has 26 heavy (non-hydrogen) atoms. The third kappa shape index (κ3) is 3.35. The highest BCUT2D eigenvalue weighted by Crippen LogP contribution is 2.33. The molecule has 0 spiro atoms. The SMILES string of the molecule is CC(=O)N1CCn2c(nnc2[C@H]2CCCCN2Cc2ccccc2Cl)C1. The van der Waals surface area contributed by atoms with Crippen LogP contribution in [-0.2, 0) is 24.4 Å². The predicted molar refractivity (Wildman–Crippen MR) is 99.6 cm³/mol. The molecule has 2 aliphatic rings. The first kappa shape index (κ1) is 17.5. The van der Waals surface area contributed by atoms with E-state index in [4.69, 9.17) is 11.6 Å². The summed E-state index contributed by atoms with van der Waals surface area (Å²) in [7, 11) is 0. The van der Waals surface area contributed by atoms with Crippen molar-refractivity contribution in [2.75, 3.05) is 13.1 Å². The maximum Gasteiger partial charge on any atom is 0.219 e. The molecule has 0 bridgehead atoms. The van der Waals surface area contributed by atoms with Gasteiger partial charge in [0.25, 0.3) is 0 Å². The molecule has 6 nitrogen and oxygen atoms in total. The van der Waals surface area contributed by atoms with Gasteiger partial charge in [0.2, 0.25) is 5.91 Å². The van der Waals surface area contributed by atoms with Gasteiger partial charge in [-0.1, -0.05) is 36.2 Å². The minimum atomic E-state index is 0.0961. The Bertz CT molecular complexity index is 805. The van der Waals surface area contributed by atoms with Crippen molar-refractivity contribution in [3.05, 3.63) is 46.5 Å². The number of amides is 1. The fourth-order valence-electron chi connectivity index (χ4n) is 4.01. The van der Waals surface area contributed by atoms with E-state index in [0.29, 0.717) is 6.54 Å². The number of likely N-dealkylation sites (tertiary alicyclic amines) is 1. The van der Waals surface area contributed by atoms with E-state index in [1.165, 1.54) is 12.8 Å². The number of carbonyl (C=O) groups is 1. The number of benzene rings is 1. The van der Waals surface area contributed by atoms with Crippen LogP contribution in [0.1, 0.15) is 49.4 Å². The van der Waals surface area contributed by atoms with Crippen LogP contribution in [0.15, 0.2) is 24.3 Å². The molecular formula is C19H24ClN5O. The van der Waals surface area contributed by atoms with E-state index in [1.807, 2.05) is 23.1 Å². The van der Waals surface area contributed by atoms with Crippen LogP contribution in [-0.4, -0.2) is 43.6 Å². The molecule has 1 saturated heterocycles. The summed E-state index contributed by atoms with van der Waals surface area (Å²) in [5.41, 5.74) is 1.15. The van der Waals surface area contributed by atoms with E-state index in [1.54, 1.807) is 6.92 Å². The molecule has 4 rings (SSSR count). The van der Waals surface area contributed by atoms with Crippen LogP contribution in [0.3, 0.4) is 0 Å². The summed E-state index contributed by atoms with van der Waals surface area (Å²) in [5.74, 6) is 2.03. The van der Waals surface area contributed by atoms with Crippen LogP contribution < -0.4 is 0 Å². The molecule has 1 fully saturated rings. The van der Waals surface area contributed by atoms with Gasteiger partial charge < -0.3 is 9.47 Å². The third-order valence-electron chi connectivity index (χ3n) is 5.47. The van der Waals surface area contributed by atoms with Crippen LogP contribution in [0, 0.1) is 0 Å². The molecule has 0 N–H and O–H groups in total. The second kappa shape index (κ2) is 7.37. The number of aromatic nitrogens is 3. The molecule has 1 atom stereocenters. The normalized spacial score (nSPS) is 20.8. The highest BCUT2D eigenvalue weighted by Gasteiger charge is 2.31. The molecule has 0 aliphatic carbocycles. The van der Waals surface area contributed by atoms with Gasteiger partial charge >= 0.3 is 0 Å². The third-order valence-corrected chi connectivity index (χ3v) is 5.84. The largest absolute Gasteiger partial charge is 0.334 e. The zero-order chi connectivity index (χ0) is 18.1. The maximum absolute atomic E-state index is 11.7. The Morgan fingerprint density at radius 1 is 1.19 bits per heavy atom. The molecule has 2 aliphatic heterocycles. The van der Waals surface area contributed by atoms with Crippen LogP contribution in [0.25, 0.3) is 0 Å². The minimum Gasteiger partial charge on any atom is -0.334 e. The average molecular weight is 374 g/mol. The van der Waals surface area contributed by atoms with Gasteiger partial charge in [0.1, 0.15) is 0 Å².